The van der Waals surface area contributed by atoms with Crippen LogP contribution in [-0.4, -0.2) is 34.8 Å². The Labute approximate surface area is 131 Å². The Bertz CT molecular complexity index is 644. The van der Waals surface area contributed by atoms with Crippen LogP contribution in [0.3, 0.4) is 0 Å². The fourth-order valence-electron chi connectivity index (χ4n) is 3.25. The second-order valence-corrected chi connectivity index (χ2v) is 6.80. The molecule has 1 N–H and O–H groups in total. The number of hydrogen-bond acceptors (Lipinski definition) is 4. The molecule has 0 saturated heterocycles. The van der Waals surface area contributed by atoms with Crippen LogP contribution >= 0.6 is 0 Å². The summed E-state index contributed by atoms with van der Waals surface area (Å²) in [4.78, 5) is 12.6. The fraction of sp³-hybridized carbons (Fsp3) is 0.444. The zero-order valence-electron chi connectivity index (χ0n) is 13.2. The molecule has 0 aromatic heterocycles. The molecule has 0 saturated carbocycles. The van der Waals surface area contributed by atoms with Crippen LogP contribution in [0.15, 0.2) is 46.7 Å². The van der Waals surface area contributed by atoms with E-state index in [1.165, 1.54) is 0 Å². The number of ketones is 1. The predicted molar refractivity (Wildman–Crippen MR) is 86.4 cm³/mol. The van der Waals surface area contributed by atoms with Crippen LogP contribution in [0.4, 0.5) is 0 Å². The summed E-state index contributed by atoms with van der Waals surface area (Å²) in [6.45, 7) is 4.68. The van der Waals surface area contributed by atoms with Gasteiger partial charge in [0.2, 0.25) is 0 Å². The van der Waals surface area contributed by atoms with E-state index in [0.717, 1.165) is 29.0 Å². The van der Waals surface area contributed by atoms with Gasteiger partial charge in [-0.25, -0.2) is 0 Å². The Balaban J connectivity index is 1.99. The van der Waals surface area contributed by atoms with Crippen LogP contribution < -0.4 is 0 Å². The zero-order valence-corrected chi connectivity index (χ0v) is 13.2. The Morgan fingerprint density at radius 1 is 1.23 bits per heavy atom. The smallest absolute Gasteiger partial charge is 0.161 e. The molecule has 0 bridgehead atoms. The van der Waals surface area contributed by atoms with Gasteiger partial charge in [-0.2, -0.15) is 5.10 Å². The van der Waals surface area contributed by atoms with E-state index in [-0.39, 0.29) is 17.8 Å². The summed E-state index contributed by atoms with van der Waals surface area (Å²) in [5.41, 5.74) is 3.77. The molecule has 116 valence electrons. The Hall–Kier alpha value is -1.94. The van der Waals surface area contributed by atoms with Gasteiger partial charge in [0.25, 0.3) is 0 Å². The third kappa shape index (κ3) is 2.83. The predicted octanol–water partition coefficient (Wildman–Crippen LogP) is 2.73. The van der Waals surface area contributed by atoms with Crippen molar-refractivity contribution in [2.75, 3.05) is 13.2 Å². The van der Waals surface area contributed by atoms with Crippen molar-refractivity contribution in [3.8, 4) is 0 Å². The van der Waals surface area contributed by atoms with Crippen LogP contribution in [0.25, 0.3) is 0 Å². The topological polar surface area (TPSA) is 52.9 Å². The van der Waals surface area contributed by atoms with Crippen LogP contribution in [0.5, 0.6) is 0 Å². The van der Waals surface area contributed by atoms with E-state index >= 15 is 0 Å². The molecule has 0 radical (unpaired) electrons. The minimum absolute atomic E-state index is 0.0248. The Kier molecular flexibility index (Phi) is 3.87. The van der Waals surface area contributed by atoms with Crippen molar-refractivity contribution in [3.63, 3.8) is 0 Å². The number of carbonyl (C=O) groups is 1. The van der Waals surface area contributed by atoms with Crippen molar-refractivity contribution in [2.45, 2.75) is 33.1 Å². The highest BCUT2D eigenvalue weighted by molar-refractivity contribution is 6.09. The molecule has 1 aliphatic carbocycles. The molecule has 0 fully saturated rings. The van der Waals surface area contributed by atoms with Crippen molar-refractivity contribution in [3.05, 3.63) is 47.2 Å². The molecule has 1 aromatic rings. The lowest BCUT2D eigenvalue weighted by atomic mass is 9.74. The number of hydrogen-bond donors (Lipinski definition) is 1. The number of hydrazone groups is 1. The average molecular weight is 298 g/mol. The first kappa shape index (κ1) is 15.0. The van der Waals surface area contributed by atoms with Crippen molar-refractivity contribution in [1.29, 1.82) is 0 Å². The number of aliphatic hydroxyl groups excluding tert-OH is 1. The summed E-state index contributed by atoms with van der Waals surface area (Å²) in [6.07, 6.45) is 2.01. The highest BCUT2D eigenvalue weighted by Gasteiger charge is 2.37. The molecule has 0 spiro atoms. The lowest BCUT2D eigenvalue weighted by Gasteiger charge is -2.38. The highest BCUT2D eigenvalue weighted by atomic mass is 16.3. The summed E-state index contributed by atoms with van der Waals surface area (Å²) >= 11 is 0. The van der Waals surface area contributed by atoms with Crippen molar-refractivity contribution >= 4 is 11.5 Å². The van der Waals surface area contributed by atoms with E-state index in [4.69, 9.17) is 5.10 Å². The van der Waals surface area contributed by atoms with Gasteiger partial charge >= 0.3 is 0 Å². The van der Waals surface area contributed by atoms with Gasteiger partial charge in [-0.05, 0) is 17.4 Å². The maximum atomic E-state index is 12.6. The normalized spacial score (nSPS) is 20.8. The van der Waals surface area contributed by atoms with Gasteiger partial charge < -0.3 is 5.11 Å². The van der Waals surface area contributed by atoms with E-state index in [2.05, 4.69) is 13.8 Å². The molecular weight excluding hydrogens is 276 g/mol. The molecule has 4 nitrogen and oxygen atoms in total. The number of nitrogens with zero attached hydrogens (tertiary/aromatic N) is 2. The van der Waals surface area contributed by atoms with Crippen molar-refractivity contribution < 1.29 is 9.90 Å². The molecule has 3 rings (SSSR count). The second kappa shape index (κ2) is 5.69. The fourth-order valence-corrected chi connectivity index (χ4v) is 3.25. The number of carbonyl (C=O) groups excluding carboxylic acids is 1. The quantitative estimate of drug-likeness (QED) is 0.933. The number of aliphatic hydroxyl groups is 1. The molecular formula is C18H22N2O2. The van der Waals surface area contributed by atoms with E-state index in [0.29, 0.717) is 19.4 Å². The summed E-state index contributed by atoms with van der Waals surface area (Å²) < 4.78 is 0. The summed E-state index contributed by atoms with van der Waals surface area (Å²) in [5.74, 6) is 0.220. The summed E-state index contributed by atoms with van der Waals surface area (Å²) in [5, 5.41) is 15.9. The number of benzene rings is 1. The van der Waals surface area contributed by atoms with E-state index in [1.54, 1.807) is 0 Å². The van der Waals surface area contributed by atoms with Gasteiger partial charge in [0.15, 0.2) is 5.78 Å². The number of β-amino-alcohol motifs (C(OH)–C–C–N with tert-alkyl or cyclic N) is 1. The summed E-state index contributed by atoms with van der Waals surface area (Å²) in [7, 11) is 0. The first-order valence-corrected chi connectivity index (χ1v) is 7.77. The first-order chi connectivity index (χ1) is 10.5. The molecule has 0 unspecified atom stereocenters. The number of Topliss-reactive ketones (excluding diaryl/α,β-unsaturated/α-hetero) is 1. The number of allylic oxidation sites excluding steroid dienone is 2. The van der Waals surface area contributed by atoms with E-state index < -0.39 is 0 Å². The van der Waals surface area contributed by atoms with Crippen LogP contribution in [0, 0.1) is 5.41 Å². The Morgan fingerprint density at radius 3 is 2.64 bits per heavy atom. The van der Waals surface area contributed by atoms with Gasteiger partial charge in [0, 0.05) is 24.1 Å². The monoisotopic (exact) mass is 298 g/mol. The molecule has 22 heavy (non-hydrogen) atoms. The molecule has 1 aliphatic heterocycles. The third-order valence-corrected chi connectivity index (χ3v) is 4.29. The van der Waals surface area contributed by atoms with Crippen LogP contribution in [-0.2, 0) is 4.79 Å². The van der Waals surface area contributed by atoms with Gasteiger partial charge in [-0.3, -0.25) is 9.80 Å². The van der Waals surface area contributed by atoms with Crippen LogP contribution in [0.2, 0.25) is 0 Å². The van der Waals surface area contributed by atoms with Crippen molar-refractivity contribution in [1.82, 2.24) is 5.01 Å². The largest absolute Gasteiger partial charge is 0.394 e. The zero-order chi connectivity index (χ0) is 15.7. The highest BCUT2D eigenvalue weighted by Crippen LogP contribution is 2.41. The molecule has 0 amide bonds. The average Bonchev–Trinajstić information content (AvgIpc) is 2.48. The number of rotatable bonds is 3. The van der Waals surface area contributed by atoms with Gasteiger partial charge in [-0.1, -0.05) is 44.2 Å². The lowest BCUT2D eigenvalue weighted by molar-refractivity contribution is -0.118. The minimum Gasteiger partial charge on any atom is -0.394 e. The van der Waals surface area contributed by atoms with Gasteiger partial charge in [-0.15, -0.1) is 0 Å². The lowest BCUT2D eigenvalue weighted by Crippen LogP contribution is -2.37. The Morgan fingerprint density at radius 2 is 1.95 bits per heavy atom. The molecule has 1 heterocycles. The molecule has 0 atom stereocenters. The standard InChI is InChI=1S/C18H22N2O2/c1-18(2)11-16-14(17(22)12-18)10-15(19-20(16)8-9-21)13-6-4-3-5-7-13/h3-7,21H,8-12H2,1-2H3. The maximum Gasteiger partial charge on any atom is 0.161 e. The first-order valence-electron chi connectivity index (χ1n) is 7.77. The molecule has 2 aliphatic rings. The SMILES string of the molecule is CC1(C)CC(=O)C2=C(C1)N(CCO)N=C(c1ccccc1)C2. The van der Waals surface area contributed by atoms with Gasteiger partial charge in [0.1, 0.15) is 0 Å². The second-order valence-electron chi connectivity index (χ2n) is 6.80. The molecule has 1 aromatic carbocycles. The summed E-state index contributed by atoms with van der Waals surface area (Å²) in [6, 6.07) is 9.95. The van der Waals surface area contributed by atoms with Crippen molar-refractivity contribution in [2.24, 2.45) is 10.5 Å². The maximum absolute atomic E-state index is 12.6. The third-order valence-electron chi connectivity index (χ3n) is 4.29. The van der Waals surface area contributed by atoms with Gasteiger partial charge in [0.05, 0.1) is 18.9 Å². The van der Waals surface area contributed by atoms with E-state index in [9.17, 15) is 9.90 Å². The molecule has 4 heteroatoms. The minimum atomic E-state index is -0.0383. The van der Waals surface area contributed by atoms with Crippen LogP contribution in [0.1, 0.15) is 38.7 Å². The van der Waals surface area contributed by atoms with E-state index in [1.807, 2.05) is 35.3 Å².